The van der Waals surface area contributed by atoms with Gasteiger partial charge >= 0.3 is 0 Å². The largest absolute Gasteiger partial charge is 0.399 e. The Morgan fingerprint density at radius 2 is 2.11 bits per heavy atom. The normalized spacial score (nSPS) is 12.0. The molecule has 0 amide bonds. The SMILES string of the molecule is CC(C)COCCNS(=O)(=O)c1cc(N)ccc1F. The Labute approximate surface area is 113 Å². The minimum Gasteiger partial charge on any atom is -0.399 e. The van der Waals surface area contributed by atoms with Crippen LogP contribution in [0, 0.1) is 11.7 Å². The van der Waals surface area contributed by atoms with Gasteiger partial charge in [-0.05, 0) is 24.1 Å². The summed E-state index contributed by atoms with van der Waals surface area (Å²) in [6.07, 6.45) is 0. The van der Waals surface area contributed by atoms with Crippen molar-refractivity contribution in [3.8, 4) is 0 Å². The molecule has 0 spiro atoms. The second-order valence-electron chi connectivity index (χ2n) is 4.56. The first-order chi connectivity index (χ1) is 8.83. The third kappa shape index (κ3) is 5.14. The molecule has 1 rings (SSSR count). The van der Waals surface area contributed by atoms with Crippen molar-refractivity contribution in [2.75, 3.05) is 25.5 Å². The maximum absolute atomic E-state index is 13.4. The maximum atomic E-state index is 13.4. The van der Waals surface area contributed by atoms with Crippen LogP contribution in [0.25, 0.3) is 0 Å². The third-order valence-electron chi connectivity index (χ3n) is 2.23. The molecule has 0 aromatic heterocycles. The Morgan fingerprint density at radius 1 is 1.42 bits per heavy atom. The minimum absolute atomic E-state index is 0.0866. The highest BCUT2D eigenvalue weighted by atomic mass is 32.2. The Morgan fingerprint density at radius 3 is 2.74 bits per heavy atom. The summed E-state index contributed by atoms with van der Waals surface area (Å²) in [5.74, 6) is -0.451. The fourth-order valence-corrected chi connectivity index (χ4v) is 2.49. The summed E-state index contributed by atoms with van der Waals surface area (Å²) in [4.78, 5) is -0.448. The van der Waals surface area contributed by atoms with Crippen LogP contribution in [-0.2, 0) is 14.8 Å². The van der Waals surface area contributed by atoms with Crippen molar-refractivity contribution in [1.82, 2.24) is 4.72 Å². The van der Waals surface area contributed by atoms with Crippen molar-refractivity contribution >= 4 is 15.7 Å². The van der Waals surface area contributed by atoms with Gasteiger partial charge < -0.3 is 10.5 Å². The summed E-state index contributed by atoms with van der Waals surface area (Å²) >= 11 is 0. The molecule has 7 heteroatoms. The van der Waals surface area contributed by atoms with Gasteiger partial charge in [0.1, 0.15) is 10.7 Å². The van der Waals surface area contributed by atoms with Crippen LogP contribution in [0.4, 0.5) is 10.1 Å². The molecule has 1 aromatic rings. The highest BCUT2D eigenvalue weighted by molar-refractivity contribution is 7.89. The fourth-order valence-electron chi connectivity index (χ4n) is 1.37. The average Bonchev–Trinajstić information content (AvgIpc) is 2.31. The molecule has 108 valence electrons. The van der Waals surface area contributed by atoms with Gasteiger partial charge in [-0.25, -0.2) is 17.5 Å². The lowest BCUT2D eigenvalue weighted by Crippen LogP contribution is -2.28. The maximum Gasteiger partial charge on any atom is 0.243 e. The van der Waals surface area contributed by atoms with Crippen LogP contribution in [0.3, 0.4) is 0 Å². The molecule has 0 aliphatic carbocycles. The summed E-state index contributed by atoms with van der Waals surface area (Å²) in [5, 5.41) is 0. The number of hydrogen-bond donors (Lipinski definition) is 2. The van der Waals surface area contributed by atoms with Crippen molar-refractivity contribution < 1.29 is 17.5 Å². The molecule has 3 N–H and O–H groups in total. The van der Waals surface area contributed by atoms with Crippen molar-refractivity contribution in [1.29, 1.82) is 0 Å². The summed E-state index contributed by atoms with van der Waals surface area (Å²) in [6, 6.07) is 3.42. The van der Waals surface area contributed by atoms with E-state index in [1.807, 2.05) is 13.8 Å². The van der Waals surface area contributed by atoms with Gasteiger partial charge in [0.05, 0.1) is 6.61 Å². The molecule has 0 aliphatic rings. The average molecular weight is 290 g/mol. The Kier molecular flexibility index (Phi) is 5.71. The molecular weight excluding hydrogens is 271 g/mol. The van der Waals surface area contributed by atoms with E-state index in [2.05, 4.69) is 4.72 Å². The van der Waals surface area contributed by atoms with Crippen LogP contribution in [0.1, 0.15) is 13.8 Å². The molecule has 0 bridgehead atoms. The first kappa shape index (κ1) is 15.9. The summed E-state index contributed by atoms with van der Waals surface area (Å²) in [5.41, 5.74) is 5.64. The lowest BCUT2D eigenvalue weighted by Gasteiger charge is -2.09. The second-order valence-corrected chi connectivity index (χ2v) is 6.29. The van der Waals surface area contributed by atoms with Crippen molar-refractivity contribution in [2.45, 2.75) is 18.7 Å². The van der Waals surface area contributed by atoms with E-state index in [1.165, 1.54) is 6.07 Å². The van der Waals surface area contributed by atoms with Crippen LogP contribution in [0.15, 0.2) is 23.1 Å². The Hall–Kier alpha value is -1.18. The standard InChI is InChI=1S/C12H19FN2O3S/c1-9(2)8-18-6-5-15-19(16,17)12-7-10(14)3-4-11(12)13/h3-4,7,9,15H,5-6,8,14H2,1-2H3. The fraction of sp³-hybridized carbons (Fsp3) is 0.500. The van der Waals surface area contributed by atoms with Gasteiger partial charge in [-0.3, -0.25) is 0 Å². The van der Waals surface area contributed by atoms with Gasteiger partial charge in [0.25, 0.3) is 0 Å². The number of rotatable bonds is 7. The van der Waals surface area contributed by atoms with Gasteiger partial charge in [-0.1, -0.05) is 13.8 Å². The van der Waals surface area contributed by atoms with Crippen molar-refractivity contribution in [3.63, 3.8) is 0 Å². The molecule has 19 heavy (non-hydrogen) atoms. The number of nitrogens with one attached hydrogen (secondary N) is 1. The number of sulfonamides is 1. The first-order valence-electron chi connectivity index (χ1n) is 5.95. The second kappa shape index (κ2) is 6.83. The van der Waals surface area contributed by atoms with Crippen LogP contribution in [-0.4, -0.2) is 28.2 Å². The molecule has 0 radical (unpaired) electrons. The molecule has 0 heterocycles. The number of nitrogen functional groups attached to an aromatic ring is 1. The molecule has 0 unspecified atom stereocenters. The summed E-state index contributed by atoms with van der Waals surface area (Å²) in [7, 11) is -3.90. The molecule has 0 fully saturated rings. The minimum atomic E-state index is -3.90. The topological polar surface area (TPSA) is 81.4 Å². The molecule has 1 aromatic carbocycles. The highest BCUT2D eigenvalue weighted by Crippen LogP contribution is 2.17. The monoisotopic (exact) mass is 290 g/mol. The van der Waals surface area contributed by atoms with E-state index >= 15 is 0 Å². The summed E-state index contributed by atoms with van der Waals surface area (Å²) < 4.78 is 44.6. The quantitative estimate of drug-likeness (QED) is 0.587. The number of ether oxygens (including phenoxy) is 1. The van der Waals surface area contributed by atoms with Gasteiger partial charge in [0.15, 0.2) is 0 Å². The molecule has 0 saturated carbocycles. The molecule has 0 aliphatic heterocycles. The predicted octanol–water partition coefficient (Wildman–Crippen LogP) is 1.36. The van der Waals surface area contributed by atoms with Crippen LogP contribution >= 0.6 is 0 Å². The lowest BCUT2D eigenvalue weighted by molar-refractivity contribution is 0.114. The van der Waals surface area contributed by atoms with E-state index < -0.39 is 20.7 Å². The van der Waals surface area contributed by atoms with Crippen LogP contribution < -0.4 is 10.5 Å². The smallest absolute Gasteiger partial charge is 0.243 e. The number of nitrogens with two attached hydrogens (primary N) is 1. The molecule has 0 saturated heterocycles. The lowest BCUT2D eigenvalue weighted by atomic mass is 10.2. The first-order valence-corrected chi connectivity index (χ1v) is 7.43. The van der Waals surface area contributed by atoms with Gasteiger partial charge in [0.2, 0.25) is 10.0 Å². The van der Waals surface area contributed by atoms with E-state index in [0.717, 1.165) is 12.1 Å². The van der Waals surface area contributed by atoms with E-state index in [0.29, 0.717) is 12.5 Å². The molecular formula is C12H19FN2O3S. The van der Waals surface area contributed by atoms with Crippen LogP contribution in [0.2, 0.25) is 0 Å². The predicted molar refractivity (Wildman–Crippen MR) is 71.7 cm³/mol. The molecule has 0 atom stereocenters. The highest BCUT2D eigenvalue weighted by Gasteiger charge is 2.18. The van der Waals surface area contributed by atoms with E-state index in [1.54, 1.807) is 0 Å². The number of hydrogen-bond acceptors (Lipinski definition) is 4. The zero-order chi connectivity index (χ0) is 14.5. The number of anilines is 1. The zero-order valence-corrected chi connectivity index (χ0v) is 11.8. The van der Waals surface area contributed by atoms with Crippen molar-refractivity contribution in [2.24, 2.45) is 5.92 Å². The third-order valence-corrected chi connectivity index (χ3v) is 3.71. The Bertz CT molecular complexity index is 518. The van der Waals surface area contributed by atoms with E-state index in [-0.39, 0.29) is 18.8 Å². The summed E-state index contributed by atoms with van der Waals surface area (Å²) in [6.45, 7) is 4.86. The molecule has 5 nitrogen and oxygen atoms in total. The number of benzene rings is 1. The van der Waals surface area contributed by atoms with Gasteiger partial charge in [0, 0.05) is 18.8 Å². The van der Waals surface area contributed by atoms with E-state index in [4.69, 9.17) is 10.5 Å². The van der Waals surface area contributed by atoms with Crippen molar-refractivity contribution in [3.05, 3.63) is 24.0 Å². The van der Waals surface area contributed by atoms with E-state index in [9.17, 15) is 12.8 Å². The van der Waals surface area contributed by atoms with Gasteiger partial charge in [-0.15, -0.1) is 0 Å². The van der Waals surface area contributed by atoms with Gasteiger partial charge in [-0.2, -0.15) is 0 Å². The zero-order valence-electron chi connectivity index (χ0n) is 11.0. The Balaban J connectivity index is 2.59. The van der Waals surface area contributed by atoms with Crippen LogP contribution in [0.5, 0.6) is 0 Å². The number of halogens is 1.